The number of nitrogen functional groups attached to an aromatic ring is 1. The fraction of sp³-hybridized carbons (Fsp3) is 0.200. The summed E-state index contributed by atoms with van der Waals surface area (Å²) < 4.78 is 0. The van der Waals surface area contributed by atoms with Crippen molar-refractivity contribution in [3.63, 3.8) is 0 Å². The number of hydrogen-bond donors (Lipinski definition) is 4. The number of rotatable bonds is 6. The standard InChI is InChI=1S/C15H14ClN5OS.C9H12N2O.C6H3Cl2N3S.3H2/c1-8-4-5-9(14(22)18-2)6-11(8)19-13-10(7-17)12(16)20-15(21-13)23-3;1-6-3-4-7(5-8(6)10)9(12)11-2;1-12-6-10-4(7)3(2-9)5(8)11-6;;;/h4-6H,1-3H3,(H,18,22)(H,19,20,21);3-5H,10H2,1-2H3,(H,11,12);1H3;3*1H. The molecule has 5 N–H and O–H groups in total. The minimum Gasteiger partial charge on any atom is -0.398 e. The van der Waals surface area contributed by atoms with E-state index in [4.69, 9.17) is 45.8 Å². The summed E-state index contributed by atoms with van der Waals surface area (Å²) in [6.45, 7) is 3.79. The summed E-state index contributed by atoms with van der Waals surface area (Å²) in [6.07, 6.45) is 3.62. The van der Waals surface area contributed by atoms with E-state index in [0.717, 1.165) is 11.1 Å². The molecular weight excluding hydrogens is 703 g/mol. The summed E-state index contributed by atoms with van der Waals surface area (Å²) in [4.78, 5) is 38.9. The van der Waals surface area contributed by atoms with Crippen LogP contribution >= 0.6 is 58.3 Å². The topological polar surface area (TPSA) is 195 Å². The smallest absolute Gasteiger partial charge is 0.251 e. The zero-order valence-electron chi connectivity index (χ0n) is 26.0. The Morgan fingerprint density at radius 2 is 1.21 bits per heavy atom. The van der Waals surface area contributed by atoms with E-state index in [2.05, 4.69) is 35.9 Å². The van der Waals surface area contributed by atoms with Gasteiger partial charge in [-0.1, -0.05) is 70.5 Å². The maximum absolute atomic E-state index is 11.8. The van der Waals surface area contributed by atoms with Crippen molar-refractivity contribution in [1.29, 1.82) is 10.5 Å². The van der Waals surface area contributed by atoms with Crippen LogP contribution in [0.15, 0.2) is 46.7 Å². The molecule has 0 spiro atoms. The molecule has 0 aliphatic rings. The van der Waals surface area contributed by atoms with Crippen LogP contribution in [0.1, 0.15) is 47.2 Å². The lowest BCUT2D eigenvalue weighted by atomic mass is 10.1. The number of nitrogens with one attached hydrogen (secondary N) is 3. The van der Waals surface area contributed by atoms with Crippen molar-refractivity contribution in [2.24, 2.45) is 0 Å². The third kappa shape index (κ3) is 10.9. The SMILES string of the molecule is CNC(=O)c1ccc(C)c(N)c1.CNC(=O)c1ccc(C)c(Nc2nc(SC)nc(Cl)c2C#N)c1.CSc1nc(Cl)c(C#N)c(Cl)n1.[HH].[HH].[HH]. The Bertz CT molecular complexity index is 1860. The van der Waals surface area contributed by atoms with Gasteiger partial charge in [0.25, 0.3) is 11.8 Å². The highest BCUT2D eigenvalue weighted by Crippen LogP contribution is 2.28. The summed E-state index contributed by atoms with van der Waals surface area (Å²) in [5, 5.41) is 27.2. The number of hydrogen-bond acceptors (Lipinski definition) is 12. The molecule has 250 valence electrons. The lowest BCUT2D eigenvalue weighted by molar-refractivity contribution is 0.0955. The lowest BCUT2D eigenvalue weighted by Gasteiger charge is -2.12. The van der Waals surface area contributed by atoms with Gasteiger partial charge >= 0.3 is 0 Å². The normalized spacial score (nSPS) is 9.77. The second-order valence-corrected chi connectivity index (χ2v) is 11.6. The average molecular weight is 738 g/mol. The highest BCUT2D eigenvalue weighted by molar-refractivity contribution is 7.98. The Hall–Kier alpha value is -4.31. The highest BCUT2D eigenvalue weighted by Gasteiger charge is 2.15. The van der Waals surface area contributed by atoms with Gasteiger partial charge in [0.2, 0.25) is 0 Å². The van der Waals surface area contributed by atoms with Crippen LogP contribution in [0.25, 0.3) is 0 Å². The molecule has 2 aromatic heterocycles. The number of nitrogens with two attached hydrogens (primary N) is 1. The molecule has 0 bridgehead atoms. The Morgan fingerprint density at radius 3 is 1.66 bits per heavy atom. The molecule has 47 heavy (non-hydrogen) atoms. The van der Waals surface area contributed by atoms with E-state index in [-0.39, 0.29) is 42.7 Å². The summed E-state index contributed by atoms with van der Waals surface area (Å²) in [5.41, 5.74) is 10.2. The second-order valence-electron chi connectivity index (χ2n) is 9.00. The molecule has 0 saturated heterocycles. The fourth-order valence-electron chi connectivity index (χ4n) is 3.36. The Kier molecular flexibility index (Phi) is 15.5. The van der Waals surface area contributed by atoms with E-state index >= 15 is 0 Å². The summed E-state index contributed by atoms with van der Waals surface area (Å²) in [7, 11) is 3.16. The van der Waals surface area contributed by atoms with Crippen LogP contribution in [-0.2, 0) is 0 Å². The quantitative estimate of drug-likeness (QED) is 0.0674. The van der Waals surface area contributed by atoms with E-state index in [1.807, 2.05) is 44.4 Å². The fourth-order valence-corrected chi connectivity index (χ4v) is 4.93. The molecule has 4 rings (SSSR count). The molecular formula is C30H35Cl3N10O2S2. The van der Waals surface area contributed by atoms with Gasteiger partial charge in [-0.25, -0.2) is 19.9 Å². The maximum Gasteiger partial charge on any atom is 0.251 e. The first-order chi connectivity index (χ1) is 22.3. The van der Waals surface area contributed by atoms with Crippen molar-refractivity contribution in [2.75, 3.05) is 37.7 Å². The molecule has 0 unspecified atom stereocenters. The number of carbonyl (C=O) groups excluding carboxylic acids is 2. The van der Waals surface area contributed by atoms with Crippen LogP contribution in [-0.4, -0.2) is 58.4 Å². The predicted molar refractivity (Wildman–Crippen MR) is 195 cm³/mol. The number of aryl methyl sites for hydroxylation is 2. The zero-order chi connectivity index (χ0) is 35.3. The monoisotopic (exact) mass is 736 g/mol. The van der Waals surface area contributed by atoms with Crippen molar-refractivity contribution >= 4 is 87.3 Å². The van der Waals surface area contributed by atoms with Crippen LogP contribution in [0.5, 0.6) is 0 Å². The number of benzene rings is 2. The molecule has 0 atom stereocenters. The van der Waals surface area contributed by atoms with Gasteiger partial charge in [-0.05, 0) is 61.8 Å². The van der Waals surface area contributed by atoms with Crippen LogP contribution in [0.2, 0.25) is 15.5 Å². The van der Waals surface area contributed by atoms with E-state index in [0.29, 0.717) is 38.6 Å². The third-order valence-electron chi connectivity index (χ3n) is 5.98. The highest BCUT2D eigenvalue weighted by atomic mass is 35.5. The van der Waals surface area contributed by atoms with Gasteiger partial charge in [-0.15, -0.1) is 0 Å². The summed E-state index contributed by atoms with van der Waals surface area (Å²) >= 11 is 20.0. The molecule has 2 aromatic carbocycles. The number of amides is 2. The molecule has 0 fully saturated rings. The minimum absolute atomic E-state index is 0. The van der Waals surface area contributed by atoms with Crippen LogP contribution in [0, 0.1) is 36.5 Å². The first kappa shape index (κ1) is 38.9. The molecule has 0 radical (unpaired) electrons. The maximum atomic E-state index is 11.8. The Balaban J connectivity index is 0. The number of nitrogens with zero attached hydrogens (tertiary/aromatic N) is 6. The first-order valence-corrected chi connectivity index (χ1v) is 16.8. The summed E-state index contributed by atoms with van der Waals surface area (Å²) in [5.74, 6) is 0.00906. The summed E-state index contributed by atoms with van der Waals surface area (Å²) in [6, 6.07) is 14.3. The van der Waals surface area contributed by atoms with Gasteiger partial charge in [0.1, 0.15) is 23.3 Å². The lowest BCUT2D eigenvalue weighted by Crippen LogP contribution is -2.18. The van der Waals surface area contributed by atoms with E-state index < -0.39 is 0 Å². The first-order valence-electron chi connectivity index (χ1n) is 13.2. The van der Waals surface area contributed by atoms with Crippen molar-refractivity contribution in [3.8, 4) is 12.1 Å². The van der Waals surface area contributed by atoms with Crippen molar-refractivity contribution in [3.05, 3.63) is 85.2 Å². The number of aromatic nitrogens is 4. The number of nitriles is 2. The van der Waals surface area contributed by atoms with E-state index in [9.17, 15) is 14.9 Å². The van der Waals surface area contributed by atoms with Gasteiger partial charge in [0.15, 0.2) is 31.6 Å². The largest absolute Gasteiger partial charge is 0.398 e. The Labute approximate surface area is 300 Å². The van der Waals surface area contributed by atoms with E-state index in [1.54, 1.807) is 44.6 Å². The number of thioether (sulfide) groups is 2. The molecule has 4 aromatic rings. The molecule has 12 nitrogen and oxygen atoms in total. The minimum atomic E-state index is -0.195. The van der Waals surface area contributed by atoms with Gasteiger partial charge in [0, 0.05) is 40.9 Å². The van der Waals surface area contributed by atoms with Crippen LogP contribution in [0.3, 0.4) is 0 Å². The predicted octanol–water partition coefficient (Wildman–Crippen LogP) is 7.19. The van der Waals surface area contributed by atoms with Crippen molar-refractivity contribution in [2.45, 2.75) is 24.2 Å². The molecule has 2 heterocycles. The van der Waals surface area contributed by atoms with E-state index in [1.165, 1.54) is 23.5 Å². The molecule has 17 heteroatoms. The molecule has 0 saturated carbocycles. The number of halogens is 3. The molecule has 2 amide bonds. The van der Waals surface area contributed by atoms with Crippen LogP contribution in [0.4, 0.5) is 17.2 Å². The Morgan fingerprint density at radius 1 is 0.766 bits per heavy atom. The van der Waals surface area contributed by atoms with Gasteiger partial charge in [-0.2, -0.15) is 10.5 Å². The third-order valence-corrected chi connectivity index (χ3v) is 7.90. The van der Waals surface area contributed by atoms with Crippen molar-refractivity contribution in [1.82, 2.24) is 30.6 Å². The van der Waals surface area contributed by atoms with Crippen LogP contribution < -0.4 is 21.7 Å². The number of carbonyl (C=O) groups is 2. The van der Waals surface area contributed by atoms with Crippen molar-refractivity contribution < 1.29 is 13.9 Å². The van der Waals surface area contributed by atoms with Gasteiger partial charge < -0.3 is 21.7 Å². The van der Waals surface area contributed by atoms with Gasteiger partial charge in [0.05, 0.1) is 0 Å². The van der Waals surface area contributed by atoms with Gasteiger partial charge in [-0.3, -0.25) is 9.59 Å². The molecule has 0 aliphatic carbocycles. The zero-order valence-corrected chi connectivity index (χ0v) is 29.9. The number of anilines is 3. The second kappa shape index (κ2) is 18.7. The average Bonchev–Trinajstić information content (AvgIpc) is 3.06. The molecule has 0 aliphatic heterocycles.